The van der Waals surface area contributed by atoms with E-state index in [1.165, 1.54) is 0 Å². The van der Waals surface area contributed by atoms with E-state index in [2.05, 4.69) is 0 Å². The van der Waals surface area contributed by atoms with Crippen molar-refractivity contribution in [3.05, 3.63) is 33.8 Å². The molecule has 2 N–H and O–H groups in total. The number of primary amides is 1. The van der Waals surface area contributed by atoms with Gasteiger partial charge < -0.3 is 5.73 Å². The number of rotatable bonds is 2. The summed E-state index contributed by atoms with van der Waals surface area (Å²) in [5.41, 5.74) is 6.20. The zero-order chi connectivity index (χ0) is 10.3. The number of benzene rings is 1. The van der Waals surface area contributed by atoms with Crippen molar-refractivity contribution in [3.63, 3.8) is 0 Å². The van der Waals surface area contributed by atoms with E-state index in [9.17, 15) is 4.79 Å². The molecule has 1 aromatic rings. The zero-order valence-electron chi connectivity index (χ0n) is 7.34. The molecule has 1 saturated carbocycles. The van der Waals surface area contributed by atoms with E-state index in [1.807, 2.05) is 12.1 Å². The molecule has 1 fully saturated rings. The summed E-state index contributed by atoms with van der Waals surface area (Å²) in [6, 6.07) is 5.34. The average molecular weight is 230 g/mol. The van der Waals surface area contributed by atoms with Crippen molar-refractivity contribution in [3.8, 4) is 0 Å². The van der Waals surface area contributed by atoms with E-state index >= 15 is 0 Å². The van der Waals surface area contributed by atoms with Gasteiger partial charge in [0, 0.05) is 16.0 Å². The average Bonchev–Trinajstić information content (AvgIpc) is 2.79. The van der Waals surface area contributed by atoms with Crippen LogP contribution >= 0.6 is 23.2 Å². The van der Waals surface area contributed by atoms with Gasteiger partial charge in [-0.25, -0.2) is 0 Å². The highest BCUT2D eigenvalue weighted by atomic mass is 35.5. The van der Waals surface area contributed by atoms with E-state index < -0.39 is 0 Å². The van der Waals surface area contributed by atoms with Gasteiger partial charge in [0.1, 0.15) is 0 Å². The van der Waals surface area contributed by atoms with Gasteiger partial charge in [-0.3, -0.25) is 4.79 Å². The predicted octanol–water partition coefficient (Wildman–Crippen LogP) is 2.58. The molecule has 0 aliphatic heterocycles. The number of nitrogens with two attached hydrogens (primary N) is 1. The SMILES string of the molecule is NC(=O)C1CC1c1cc(Cl)cc(Cl)c1. The van der Waals surface area contributed by atoms with Gasteiger partial charge >= 0.3 is 0 Å². The van der Waals surface area contributed by atoms with Crippen LogP contribution in [0.4, 0.5) is 0 Å². The first-order valence-corrected chi connectivity index (χ1v) is 5.09. The molecular weight excluding hydrogens is 221 g/mol. The fraction of sp³-hybridized carbons (Fsp3) is 0.300. The quantitative estimate of drug-likeness (QED) is 0.833. The third-order valence-corrected chi connectivity index (χ3v) is 2.91. The molecule has 1 aromatic carbocycles. The van der Waals surface area contributed by atoms with Gasteiger partial charge in [0.05, 0.1) is 0 Å². The summed E-state index contributed by atoms with van der Waals surface area (Å²) < 4.78 is 0. The van der Waals surface area contributed by atoms with Crippen molar-refractivity contribution in [1.29, 1.82) is 0 Å². The van der Waals surface area contributed by atoms with Crippen LogP contribution in [-0.4, -0.2) is 5.91 Å². The van der Waals surface area contributed by atoms with Crippen LogP contribution in [-0.2, 0) is 4.79 Å². The van der Waals surface area contributed by atoms with Crippen molar-refractivity contribution in [2.45, 2.75) is 12.3 Å². The van der Waals surface area contributed by atoms with Gasteiger partial charge in [0.2, 0.25) is 5.91 Å². The Balaban J connectivity index is 2.23. The first-order valence-electron chi connectivity index (χ1n) is 4.33. The van der Waals surface area contributed by atoms with E-state index in [-0.39, 0.29) is 17.7 Å². The summed E-state index contributed by atoms with van der Waals surface area (Å²) in [5.74, 6) is -0.0701. The third-order valence-electron chi connectivity index (χ3n) is 2.47. The highest BCUT2D eigenvalue weighted by Gasteiger charge is 2.42. The fourth-order valence-electron chi connectivity index (χ4n) is 1.67. The Kier molecular flexibility index (Phi) is 2.41. The summed E-state index contributed by atoms with van der Waals surface area (Å²) in [5, 5.41) is 1.20. The number of carbonyl (C=O) groups is 1. The Morgan fingerprint density at radius 2 is 1.86 bits per heavy atom. The number of hydrogen-bond acceptors (Lipinski definition) is 1. The van der Waals surface area contributed by atoms with Crippen molar-refractivity contribution in [2.75, 3.05) is 0 Å². The molecule has 1 amide bonds. The lowest BCUT2D eigenvalue weighted by molar-refractivity contribution is -0.119. The summed E-state index contributed by atoms with van der Waals surface area (Å²) in [6.07, 6.45) is 0.812. The van der Waals surface area contributed by atoms with E-state index in [1.54, 1.807) is 6.07 Å². The molecular formula is C10H9Cl2NO. The van der Waals surface area contributed by atoms with Crippen LogP contribution in [0.15, 0.2) is 18.2 Å². The van der Waals surface area contributed by atoms with E-state index in [4.69, 9.17) is 28.9 Å². The Morgan fingerprint density at radius 1 is 1.29 bits per heavy atom. The molecule has 74 valence electrons. The molecule has 2 rings (SSSR count). The predicted molar refractivity (Wildman–Crippen MR) is 56.5 cm³/mol. The molecule has 2 atom stereocenters. The van der Waals surface area contributed by atoms with Gasteiger partial charge in [-0.15, -0.1) is 0 Å². The summed E-state index contributed by atoms with van der Waals surface area (Å²) in [6.45, 7) is 0. The maximum atomic E-state index is 10.9. The number of carbonyl (C=O) groups excluding carboxylic acids is 1. The number of amides is 1. The van der Waals surface area contributed by atoms with Crippen molar-refractivity contribution in [2.24, 2.45) is 11.7 Å². The lowest BCUT2D eigenvalue weighted by atomic mass is 10.1. The van der Waals surface area contributed by atoms with Gasteiger partial charge in [-0.1, -0.05) is 23.2 Å². The minimum atomic E-state index is -0.244. The minimum Gasteiger partial charge on any atom is -0.369 e. The third kappa shape index (κ3) is 1.86. The molecule has 0 aromatic heterocycles. The molecule has 4 heteroatoms. The van der Waals surface area contributed by atoms with Crippen LogP contribution in [0.3, 0.4) is 0 Å². The van der Waals surface area contributed by atoms with Crippen LogP contribution in [0.5, 0.6) is 0 Å². The van der Waals surface area contributed by atoms with Gasteiger partial charge in [-0.2, -0.15) is 0 Å². The summed E-state index contributed by atoms with van der Waals surface area (Å²) in [4.78, 5) is 10.9. The Bertz CT molecular complexity index is 371. The highest BCUT2D eigenvalue weighted by molar-refractivity contribution is 6.34. The fourth-order valence-corrected chi connectivity index (χ4v) is 2.21. The standard InChI is InChI=1S/C10H9Cl2NO/c11-6-1-5(2-7(12)3-6)8-4-9(8)10(13)14/h1-3,8-9H,4H2,(H2,13,14). The van der Waals surface area contributed by atoms with Crippen molar-refractivity contribution < 1.29 is 4.79 Å². The molecule has 14 heavy (non-hydrogen) atoms. The normalized spacial score (nSPS) is 24.7. The maximum Gasteiger partial charge on any atom is 0.221 e. The molecule has 2 unspecified atom stereocenters. The van der Waals surface area contributed by atoms with Crippen LogP contribution in [0.1, 0.15) is 17.9 Å². The molecule has 0 bridgehead atoms. The van der Waals surface area contributed by atoms with Crippen LogP contribution in [0, 0.1) is 5.92 Å². The number of halogens is 2. The smallest absolute Gasteiger partial charge is 0.221 e. The lowest BCUT2D eigenvalue weighted by Gasteiger charge is -2.00. The van der Waals surface area contributed by atoms with Gasteiger partial charge in [0.25, 0.3) is 0 Å². The van der Waals surface area contributed by atoms with Crippen molar-refractivity contribution in [1.82, 2.24) is 0 Å². The molecule has 1 aliphatic rings. The number of hydrogen-bond donors (Lipinski definition) is 1. The molecule has 0 radical (unpaired) electrons. The van der Waals surface area contributed by atoms with Crippen molar-refractivity contribution >= 4 is 29.1 Å². The minimum absolute atomic E-state index is 0.0375. The summed E-state index contributed by atoms with van der Waals surface area (Å²) in [7, 11) is 0. The molecule has 0 spiro atoms. The molecule has 0 saturated heterocycles. The highest BCUT2D eigenvalue weighted by Crippen LogP contribution is 2.48. The zero-order valence-corrected chi connectivity index (χ0v) is 8.85. The summed E-state index contributed by atoms with van der Waals surface area (Å²) >= 11 is 11.7. The molecule has 0 heterocycles. The van der Waals surface area contributed by atoms with Gasteiger partial charge in [0.15, 0.2) is 0 Å². The topological polar surface area (TPSA) is 43.1 Å². The second kappa shape index (κ2) is 3.44. The molecule has 2 nitrogen and oxygen atoms in total. The first-order chi connectivity index (χ1) is 6.58. The Labute approximate surface area is 92.0 Å². The van der Waals surface area contributed by atoms with Crippen LogP contribution < -0.4 is 5.73 Å². The van der Waals surface area contributed by atoms with Gasteiger partial charge in [-0.05, 0) is 36.1 Å². The van der Waals surface area contributed by atoms with E-state index in [0.717, 1.165) is 12.0 Å². The van der Waals surface area contributed by atoms with Crippen LogP contribution in [0.25, 0.3) is 0 Å². The Hall–Kier alpha value is -0.730. The second-order valence-corrected chi connectivity index (χ2v) is 4.43. The largest absolute Gasteiger partial charge is 0.369 e. The molecule has 1 aliphatic carbocycles. The lowest BCUT2D eigenvalue weighted by Crippen LogP contribution is -2.13. The maximum absolute atomic E-state index is 10.9. The second-order valence-electron chi connectivity index (χ2n) is 3.55. The van der Waals surface area contributed by atoms with E-state index in [0.29, 0.717) is 10.0 Å². The first kappa shape index (κ1) is 9.81. The Morgan fingerprint density at radius 3 is 2.29 bits per heavy atom. The van der Waals surface area contributed by atoms with Crippen LogP contribution in [0.2, 0.25) is 10.0 Å². The monoisotopic (exact) mass is 229 g/mol.